The van der Waals surface area contributed by atoms with Gasteiger partial charge >= 0.3 is 5.97 Å². The monoisotopic (exact) mass is 286 g/mol. The Morgan fingerprint density at radius 1 is 0.944 bits per heavy atom. The summed E-state index contributed by atoms with van der Waals surface area (Å²) in [6, 6.07) is 0. The summed E-state index contributed by atoms with van der Waals surface area (Å²) in [5.74, 6) is -1.02. The molecule has 0 atom stereocenters. The maximum atomic E-state index is 10.6. The van der Waals surface area contributed by atoms with Gasteiger partial charge in [0, 0.05) is 0 Å². The van der Waals surface area contributed by atoms with E-state index in [1.165, 1.54) is 0 Å². The van der Waals surface area contributed by atoms with Crippen LogP contribution in [0.25, 0.3) is 0 Å². The van der Waals surface area contributed by atoms with E-state index in [2.05, 4.69) is 4.18 Å². The minimum absolute atomic E-state index is 0.0272. The van der Waals surface area contributed by atoms with E-state index in [-0.39, 0.29) is 33.0 Å². The van der Waals surface area contributed by atoms with Gasteiger partial charge in [0.05, 0.1) is 45.9 Å². The van der Waals surface area contributed by atoms with Gasteiger partial charge in [0.2, 0.25) is 0 Å². The van der Waals surface area contributed by atoms with E-state index in [0.29, 0.717) is 13.2 Å². The van der Waals surface area contributed by atoms with Crippen LogP contribution in [0.3, 0.4) is 0 Å². The minimum Gasteiger partial charge on any atom is -0.480 e. The first-order valence-corrected chi connectivity index (χ1v) is 7.03. The molecule has 0 amide bonds. The lowest BCUT2D eigenvalue weighted by atomic mass is 10.7. The van der Waals surface area contributed by atoms with Gasteiger partial charge in [-0.15, -0.1) is 0 Å². The van der Waals surface area contributed by atoms with Crippen molar-refractivity contribution in [2.24, 2.45) is 0 Å². The Kier molecular flexibility index (Phi) is 9.79. The van der Waals surface area contributed by atoms with E-state index in [1.54, 1.807) is 0 Å². The highest BCUT2D eigenvalue weighted by Crippen LogP contribution is 1.87. The number of carbonyl (C=O) groups is 1. The summed E-state index contributed by atoms with van der Waals surface area (Å²) in [7, 11) is -3.41. The number of aliphatic carboxylic acids is 1. The predicted octanol–water partition coefficient (Wildman–Crippen LogP) is -0.903. The van der Waals surface area contributed by atoms with Crippen LogP contribution in [0.15, 0.2) is 0 Å². The highest BCUT2D eigenvalue weighted by atomic mass is 32.2. The molecule has 0 fully saturated rings. The highest BCUT2D eigenvalue weighted by Gasteiger charge is 2.00. The van der Waals surface area contributed by atoms with Crippen LogP contribution in [0.2, 0.25) is 0 Å². The molecule has 0 aromatic rings. The third-order valence-corrected chi connectivity index (χ3v) is 2.09. The summed E-state index contributed by atoms with van der Waals surface area (Å²) >= 11 is 0. The Balaban J connectivity index is 3.10. The van der Waals surface area contributed by atoms with Gasteiger partial charge in [-0.05, 0) is 0 Å². The van der Waals surface area contributed by atoms with Gasteiger partial charge in [-0.3, -0.25) is 4.18 Å². The van der Waals surface area contributed by atoms with E-state index >= 15 is 0 Å². The van der Waals surface area contributed by atoms with Crippen molar-refractivity contribution in [3.05, 3.63) is 0 Å². The zero-order valence-corrected chi connectivity index (χ0v) is 11.0. The SMILES string of the molecule is CS(=O)(=O)OCCOCCOCCOCC(=O)O. The molecule has 0 aliphatic carbocycles. The smallest absolute Gasteiger partial charge is 0.329 e. The van der Waals surface area contributed by atoms with Crippen molar-refractivity contribution in [3.8, 4) is 0 Å². The molecule has 0 unspecified atom stereocenters. The molecular weight excluding hydrogens is 268 g/mol. The van der Waals surface area contributed by atoms with E-state index in [0.717, 1.165) is 6.26 Å². The number of hydrogen-bond acceptors (Lipinski definition) is 7. The van der Waals surface area contributed by atoms with Crippen LogP contribution in [-0.4, -0.2) is 72.0 Å². The fourth-order valence-corrected chi connectivity index (χ4v) is 1.21. The molecule has 0 aliphatic rings. The normalized spacial score (nSPS) is 11.6. The topological polar surface area (TPSA) is 108 Å². The molecule has 0 spiro atoms. The van der Waals surface area contributed by atoms with Crippen LogP contribution >= 0.6 is 0 Å². The van der Waals surface area contributed by atoms with Crippen LogP contribution in [-0.2, 0) is 33.3 Å². The molecule has 0 saturated heterocycles. The predicted molar refractivity (Wildman–Crippen MR) is 60.9 cm³/mol. The highest BCUT2D eigenvalue weighted by molar-refractivity contribution is 7.85. The average molecular weight is 286 g/mol. The standard InChI is InChI=1S/C9H18O8S/c1-18(12,13)17-7-6-15-3-2-14-4-5-16-8-9(10)11/h2-8H2,1H3,(H,10,11). The van der Waals surface area contributed by atoms with Crippen molar-refractivity contribution < 1.29 is 36.7 Å². The van der Waals surface area contributed by atoms with Gasteiger partial charge in [-0.1, -0.05) is 0 Å². The first kappa shape index (κ1) is 17.3. The molecule has 0 heterocycles. The average Bonchev–Trinajstić information content (AvgIpc) is 2.24. The minimum atomic E-state index is -3.41. The lowest BCUT2D eigenvalue weighted by molar-refractivity contribution is -0.142. The van der Waals surface area contributed by atoms with Gasteiger partial charge in [0.25, 0.3) is 10.1 Å². The molecule has 0 radical (unpaired) electrons. The van der Waals surface area contributed by atoms with Crippen LogP contribution in [0.4, 0.5) is 0 Å². The van der Waals surface area contributed by atoms with Gasteiger partial charge in [0.1, 0.15) is 6.61 Å². The van der Waals surface area contributed by atoms with Crippen molar-refractivity contribution in [1.29, 1.82) is 0 Å². The quantitative estimate of drug-likeness (QED) is 0.363. The second kappa shape index (κ2) is 10.2. The Bertz CT molecular complexity index is 313. The Labute approximate surface area is 106 Å². The van der Waals surface area contributed by atoms with E-state index < -0.39 is 16.1 Å². The van der Waals surface area contributed by atoms with Crippen molar-refractivity contribution >= 4 is 16.1 Å². The lowest BCUT2D eigenvalue weighted by Gasteiger charge is -2.05. The largest absolute Gasteiger partial charge is 0.480 e. The van der Waals surface area contributed by atoms with Gasteiger partial charge in [-0.2, -0.15) is 8.42 Å². The number of carboxylic acids is 1. The maximum Gasteiger partial charge on any atom is 0.329 e. The fourth-order valence-electron chi connectivity index (χ4n) is 0.844. The molecule has 0 aromatic heterocycles. The van der Waals surface area contributed by atoms with Crippen LogP contribution in [0.1, 0.15) is 0 Å². The molecule has 0 rings (SSSR count). The molecule has 1 N–H and O–H groups in total. The maximum absolute atomic E-state index is 10.6. The van der Waals surface area contributed by atoms with Crippen molar-refractivity contribution in [2.45, 2.75) is 0 Å². The Morgan fingerprint density at radius 2 is 1.39 bits per heavy atom. The van der Waals surface area contributed by atoms with Crippen molar-refractivity contribution in [2.75, 3.05) is 52.5 Å². The van der Waals surface area contributed by atoms with Crippen molar-refractivity contribution in [1.82, 2.24) is 0 Å². The second-order valence-corrected chi connectivity index (χ2v) is 4.84. The summed E-state index contributed by atoms with van der Waals surface area (Å²) in [5.41, 5.74) is 0. The Morgan fingerprint density at radius 3 is 1.83 bits per heavy atom. The van der Waals surface area contributed by atoms with Gasteiger partial charge in [-0.25, -0.2) is 4.79 Å². The van der Waals surface area contributed by atoms with Crippen molar-refractivity contribution in [3.63, 3.8) is 0 Å². The zero-order chi connectivity index (χ0) is 13.9. The molecule has 0 aromatic carbocycles. The van der Waals surface area contributed by atoms with Gasteiger partial charge in [0.15, 0.2) is 0 Å². The third kappa shape index (κ3) is 15.3. The zero-order valence-electron chi connectivity index (χ0n) is 10.2. The molecular formula is C9H18O8S. The molecule has 0 saturated carbocycles. The van der Waals surface area contributed by atoms with Gasteiger partial charge < -0.3 is 19.3 Å². The number of rotatable bonds is 12. The van der Waals surface area contributed by atoms with E-state index in [9.17, 15) is 13.2 Å². The number of ether oxygens (including phenoxy) is 3. The molecule has 8 nitrogen and oxygen atoms in total. The van der Waals surface area contributed by atoms with Crippen LogP contribution in [0.5, 0.6) is 0 Å². The summed E-state index contributed by atoms with van der Waals surface area (Å²) in [5, 5.41) is 8.25. The lowest BCUT2D eigenvalue weighted by Crippen LogP contribution is -2.14. The summed E-state index contributed by atoms with van der Waals surface area (Å²) in [6.45, 7) is 0.872. The fraction of sp³-hybridized carbons (Fsp3) is 0.889. The summed E-state index contributed by atoms with van der Waals surface area (Å²) in [6.07, 6.45) is 0.966. The first-order chi connectivity index (χ1) is 8.42. The molecule has 0 aliphatic heterocycles. The van der Waals surface area contributed by atoms with E-state index in [4.69, 9.17) is 19.3 Å². The second-order valence-electron chi connectivity index (χ2n) is 3.20. The van der Waals surface area contributed by atoms with E-state index in [1.807, 2.05) is 0 Å². The summed E-state index contributed by atoms with van der Waals surface area (Å²) in [4.78, 5) is 10.1. The summed E-state index contributed by atoms with van der Waals surface area (Å²) < 4.78 is 40.4. The molecule has 0 bridgehead atoms. The van der Waals surface area contributed by atoms with Crippen LogP contribution in [0, 0.1) is 0 Å². The molecule has 18 heavy (non-hydrogen) atoms. The number of hydrogen-bond donors (Lipinski definition) is 1. The van der Waals surface area contributed by atoms with Crippen LogP contribution < -0.4 is 0 Å². The molecule has 108 valence electrons. The third-order valence-electron chi connectivity index (χ3n) is 1.49. The molecule has 9 heteroatoms. The number of carboxylic acid groups (broad SMARTS) is 1. The Hall–Kier alpha value is -0.740. The first-order valence-electron chi connectivity index (χ1n) is 5.21.